The minimum Gasteiger partial charge on any atom is -0.481 e. The largest absolute Gasteiger partial charge is 0.481 e. The lowest BCUT2D eigenvalue weighted by Gasteiger charge is -2.49. The van der Waals surface area contributed by atoms with Crippen molar-refractivity contribution in [3.8, 4) is 0 Å². The molecule has 5 fully saturated rings. The summed E-state index contributed by atoms with van der Waals surface area (Å²) in [6.45, 7) is 18.4. The lowest BCUT2D eigenvalue weighted by atomic mass is 9.78. The van der Waals surface area contributed by atoms with Gasteiger partial charge < -0.3 is 43.7 Å². The summed E-state index contributed by atoms with van der Waals surface area (Å²) >= 11 is 0. The second kappa shape index (κ2) is 13.7. The van der Waals surface area contributed by atoms with Gasteiger partial charge in [0.2, 0.25) is 0 Å². The van der Waals surface area contributed by atoms with E-state index in [0.29, 0.717) is 19.3 Å². The third-order valence-electron chi connectivity index (χ3n) is 13.3. The van der Waals surface area contributed by atoms with Gasteiger partial charge in [0.05, 0.1) is 59.8 Å². The quantitative estimate of drug-likeness (QED) is 0.267. The van der Waals surface area contributed by atoms with Crippen LogP contribution < -0.4 is 0 Å². The number of ether oxygens (including phenoxy) is 6. The predicted molar refractivity (Wildman–Crippen MR) is 176 cm³/mol. The molecule has 10 nitrogen and oxygen atoms in total. The molecule has 0 amide bonds. The Balaban J connectivity index is 1.29. The molecule has 3 unspecified atom stereocenters. The third kappa shape index (κ3) is 6.68. The average molecular weight is 669 g/mol. The molecule has 1 spiro atoms. The fourth-order valence-corrected chi connectivity index (χ4v) is 10.2. The van der Waals surface area contributed by atoms with E-state index < -0.39 is 53.0 Å². The van der Waals surface area contributed by atoms with E-state index >= 15 is 0 Å². The monoisotopic (exact) mass is 668 g/mol. The molecular weight excluding hydrogens is 604 g/mol. The Hall–Kier alpha value is -0.850. The van der Waals surface area contributed by atoms with Crippen molar-refractivity contribution < 1.29 is 48.5 Å². The van der Waals surface area contributed by atoms with Crippen LogP contribution in [-0.4, -0.2) is 93.9 Å². The summed E-state index contributed by atoms with van der Waals surface area (Å²) < 4.78 is 39.8. The normalized spacial score (nSPS) is 50.9. The Kier molecular flexibility index (Phi) is 10.9. The first kappa shape index (κ1) is 37.4. The first-order valence-electron chi connectivity index (χ1n) is 18.5. The van der Waals surface area contributed by atoms with Crippen LogP contribution in [0.1, 0.15) is 120 Å². The molecule has 5 saturated heterocycles. The van der Waals surface area contributed by atoms with Gasteiger partial charge in [-0.15, -0.1) is 0 Å². The topological polar surface area (TPSA) is 133 Å². The highest BCUT2D eigenvalue weighted by Gasteiger charge is 2.62. The van der Waals surface area contributed by atoms with Crippen molar-refractivity contribution in [2.45, 2.75) is 186 Å². The molecule has 0 aliphatic carbocycles. The van der Waals surface area contributed by atoms with Crippen LogP contribution in [0.25, 0.3) is 0 Å². The zero-order valence-electron chi connectivity index (χ0n) is 30.6. The number of aliphatic hydroxyl groups excluding tert-OH is 1. The molecule has 0 aromatic carbocycles. The van der Waals surface area contributed by atoms with Gasteiger partial charge in [-0.05, 0) is 70.6 Å². The highest BCUT2D eigenvalue weighted by atomic mass is 16.7. The van der Waals surface area contributed by atoms with Gasteiger partial charge in [-0.1, -0.05) is 48.5 Å². The maximum absolute atomic E-state index is 11.8. The van der Waals surface area contributed by atoms with Crippen LogP contribution in [0.5, 0.6) is 0 Å². The Bertz CT molecular complexity index is 1110. The smallest absolute Gasteiger partial charge is 0.308 e. The lowest BCUT2D eigenvalue weighted by Crippen LogP contribution is -2.57. The molecule has 5 aliphatic rings. The summed E-state index contributed by atoms with van der Waals surface area (Å²) in [6, 6.07) is 0. The summed E-state index contributed by atoms with van der Waals surface area (Å²) in [5, 5.41) is 32.2. The maximum Gasteiger partial charge on any atom is 0.308 e. The fraction of sp³-hybridized carbons (Fsp3) is 0.973. The van der Waals surface area contributed by atoms with Gasteiger partial charge in [-0.3, -0.25) is 4.79 Å². The van der Waals surface area contributed by atoms with Crippen LogP contribution in [0.4, 0.5) is 0 Å². The Labute approximate surface area is 282 Å². The highest BCUT2D eigenvalue weighted by molar-refractivity contribution is 5.70. The van der Waals surface area contributed by atoms with Crippen LogP contribution in [0.2, 0.25) is 0 Å². The van der Waals surface area contributed by atoms with E-state index in [-0.39, 0.29) is 54.0 Å². The molecule has 0 aromatic heterocycles. The Morgan fingerprint density at radius 1 is 0.979 bits per heavy atom. The Morgan fingerprint density at radius 3 is 2.30 bits per heavy atom. The number of methoxy groups -OCH3 is 1. The number of carbonyl (C=O) groups is 1. The van der Waals surface area contributed by atoms with Gasteiger partial charge in [0, 0.05) is 37.7 Å². The van der Waals surface area contributed by atoms with E-state index in [2.05, 4.69) is 34.6 Å². The molecule has 0 bridgehead atoms. The lowest BCUT2D eigenvalue weighted by molar-refractivity contribution is -0.336. The molecule has 5 heterocycles. The molecule has 0 radical (unpaired) electrons. The predicted octanol–water partition coefficient (Wildman–Crippen LogP) is 5.69. The van der Waals surface area contributed by atoms with Gasteiger partial charge in [-0.2, -0.15) is 0 Å². The molecule has 0 aromatic rings. The van der Waals surface area contributed by atoms with E-state index in [9.17, 15) is 20.1 Å². The van der Waals surface area contributed by atoms with Crippen LogP contribution in [-0.2, 0) is 33.2 Å². The minimum absolute atomic E-state index is 0.0791. The minimum atomic E-state index is -1.12. The zero-order chi connectivity index (χ0) is 34.7. The van der Waals surface area contributed by atoms with E-state index in [1.54, 1.807) is 6.92 Å². The summed E-state index contributed by atoms with van der Waals surface area (Å²) in [5.41, 5.74) is -1.07. The van der Waals surface area contributed by atoms with Gasteiger partial charge in [0.1, 0.15) is 0 Å². The van der Waals surface area contributed by atoms with Crippen molar-refractivity contribution in [1.29, 1.82) is 0 Å². The maximum atomic E-state index is 11.8. The summed E-state index contributed by atoms with van der Waals surface area (Å²) in [4.78, 5) is 11.8. The van der Waals surface area contributed by atoms with Crippen molar-refractivity contribution in [3.05, 3.63) is 0 Å². The first-order valence-corrected chi connectivity index (χ1v) is 18.5. The molecule has 10 heteroatoms. The van der Waals surface area contributed by atoms with Crippen LogP contribution in [0.15, 0.2) is 0 Å². The third-order valence-corrected chi connectivity index (χ3v) is 13.3. The van der Waals surface area contributed by atoms with E-state index in [0.717, 1.165) is 38.5 Å². The van der Waals surface area contributed by atoms with Crippen LogP contribution in [0.3, 0.4) is 0 Å². The van der Waals surface area contributed by atoms with Crippen molar-refractivity contribution in [3.63, 3.8) is 0 Å². The number of rotatable bonds is 10. The van der Waals surface area contributed by atoms with Gasteiger partial charge >= 0.3 is 5.97 Å². The number of aliphatic hydroxyl groups is 2. The van der Waals surface area contributed by atoms with Gasteiger partial charge in [-0.25, -0.2) is 0 Å². The second-order valence-electron chi connectivity index (χ2n) is 16.5. The summed E-state index contributed by atoms with van der Waals surface area (Å²) in [7, 11) is 1.53. The summed E-state index contributed by atoms with van der Waals surface area (Å²) in [6.07, 6.45) is 4.38. The number of hydrogen-bond acceptors (Lipinski definition) is 9. The van der Waals surface area contributed by atoms with E-state index in [1.807, 2.05) is 20.8 Å². The van der Waals surface area contributed by atoms with E-state index in [1.165, 1.54) is 7.11 Å². The molecule has 5 rings (SSSR count). The second-order valence-corrected chi connectivity index (χ2v) is 16.5. The highest BCUT2D eigenvalue weighted by Crippen LogP contribution is 2.55. The van der Waals surface area contributed by atoms with Crippen LogP contribution >= 0.6 is 0 Å². The molecule has 47 heavy (non-hydrogen) atoms. The Morgan fingerprint density at radius 2 is 1.68 bits per heavy atom. The molecule has 5 aliphatic heterocycles. The van der Waals surface area contributed by atoms with Crippen molar-refractivity contribution in [1.82, 2.24) is 0 Å². The standard InChI is InChI=1S/C37H64O10/c1-11-35(32-21(4)18-27(43-32)29-20(3)17-22(5)37(41,12-2)46-29)14-13-28(44-35)34(9)15-16-36(47-34)19-26(38)23(6)31(45-36)24(7)30(42-10)25(8)33(39)40/h20-32,38,41H,11-19H2,1-10H3,(H,39,40)/t20-,21-,22+,23+,24+,25-,26-,27+,28+,29?,30+,31-,32?,34-,35-,36?,37-/m0/s1. The molecule has 0 saturated carbocycles. The van der Waals surface area contributed by atoms with E-state index in [4.69, 9.17) is 28.4 Å². The molecule has 3 N–H and O–H groups in total. The van der Waals surface area contributed by atoms with Crippen LogP contribution in [0, 0.1) is 35.5 Å². The average Bonchev–Trinajstić information content (AvgIpc) is 3.73. The number of aliphatic carboxylic acids is 1. The molecule has 272 valence electrons. The number of hydrogen-bond donors (Lipinski definition) is 3. The number of carboxylic acids is 1. The SMILES string of the molecule is CC[C@@]1(C2O[C@@H](C3O[C@@](O)(CC)[C@H](C)C[C@@H]3C)C[C@@H]2C)CC[C@H]([C@]2(C)CCC3(C[C@H](O)[C@@H](C)[C@@H]([C@H](C)[C@@H](OC)[C@H](C)C(=O)O)O3)O2)O1. The summed E-state index contributed by atoms with van der Waals surface area (Å²) in [5.74, 6) is -3.59. The first-order chi connectivity index (χ1) is 22.0. The zero-order valence-corrected chi connectivity index (χ0v) is 30.6. The van der Waals surface area contributed by atoms with Gasteiger partial charge in [0.15, 0.2) is 11.6 Å². The number of carboxylic acid groups (broad SMARTS) is 1. The van der Waals surface area contributed by atoms with Crippen molar-refractivity contribution >= 4 is 5.97 Å². The van der Waals surface area contributed by atoms with Crippen molar-refractivity contribution in [2.75, 3.05) is 7.11 Å². The molecular formula is C37H64O10. The molecule has 17 atom stereocenters. The van der Waals surface area contributed by atoms with Crippen molar-refractivity contribution in [2.24, 2.45) is 35.5 Å². The van der Waals surface area contributed by atoms with Gasteiger partial charge in [0.25, 0.3) is 0 Å². The fourth-order valence-electron chi connectivity index (χ4n) is 10.2.